The second-order valence-electron chi connectivity index (χ2n) is 12.4. The highest BCUT2D eigenvalue weighted by Crippen LogP contribution is 2.44. The number of para-hydroxylation sites is 2. The van der Waals surface area contributed by atoms with Gasteiger partial charge in [-0.2, -0.15) is 0 Å². The van der Waals surface area contributed by atoms with Crippen LogP contribution in [0.15, 0.2) is 132 Å². The summed E-state index contributed by atoms with van der Waals surface area (Å²) in [5, 5.41) is 5.80. The van der Waals surface area contributed by atoms with Gasteiger partial charge in [0.1, 0.15) is 16.0 Å². The van der Waals surface area contributed by atoms with Crippen LogP contribution >= 0.6 is 11.3 Å². The predicted molar refractivity (Wildman–Crippen MR) is 194 cm³/mol. The fourth-order valence-corrected chi connectivity index (χ4v) is 8.49. The Morgan fingerprint density at radius 2 is 1.37 bits per heavy atom. The van der Waals surface area contributed by atoms with E-state index >= 15 is 0 Å². The van der Waals surface area contributed by atoms with E-state index < -0.39 is 0 Å². The van der Waals surface area contributed by atoms with Crippen LogP contribution in [-0.4, -0.2) is 9.55 Å². The molecule has 4 heteroatoms. The zero-order chi connectivity index (χ0) is 30.4. The lowest BCUT2D eigenvalue weighted by atomic mass is 9.95. The van der Waals surface area contributed by atoms with E-state index in [1.54, 1.807) is 11.3 Å². The van der Waals surface area contributed by atoms with Crippen molar-refractivity contribution < 1.29 is 4.42 Å². The van der Waals surface area contributed by atoms with E-state index in [2.05, 4.69) is 139 Å². The molecule has 0 saturated heterocycles. The number of hydrogen-bond donors (Lipinski definition) is 0. The van der Waals surface area contributed by atoms with E-state index in [9.17, 15) is 0 Å². The number of hydrogen-bond acceptors (Lipinski definition) is 3. The summed E-state index contributed by atoms with van der Waals surface area (Å²) in [5.41, 5.74) is 11.5. The van der Waals surface area contributed by atoms with Crippen molar-refractivity contribution in [2.75, 3.05) is 0 Å². The molecule has 1 aliphatic carbocycles. The number of allylic oxidation sites excluding steroid dienone is 1. The van der Waals surface area contributed by atoms with Gasteiger partial charge in [-0.25, -0.2) is 4.98 Å². The van der Waals surface area contributed by atoms with Crippen LogP contribution in [-0.2, 0) is 6.42 Å². The lowest BCUT2D eigenvalue weighted by Crippen LogP contribution is -2.08. The van der Waals surface area contributed by atoms with Crippen molar-refractivity contribution in [3.63, 3.8) is 0 Å². The van der Waals surface area contributed by atoms with Crippen LogP contribution in [0.5, 0.6) is 0 Å². The Kier molecular flexibility index (Phi) is 5.49. The number of nitrogens with zero attached hydrogens (tertiary/aromatic N) is 2. The number of furan rings is 1. The Bertz CT molecular complexity index is 2670. The summed E-state index contributed by atoms with van der Waals surface area (Å²) in [6, 6.07) is 43.4. The molecule has 0 N–H and O–H groups in total. The van der Waals surface area contributed by atoms with Gasteiger partial charge in [-0.05, 0) is 53.8 Å². The van der Waals surface area contributed by atoms with E-state index in [0.29, 0.717) is 5.92 Å². The average Bonchev–Trinajstić information content (AvgIpc) is 3.77. The summed E-state index contributed by atoms with van der Waals surface area (Å²) < 4.78 is 10.2. The lowest BCUT2D eigenvalue weighted by molar-refractivity contribution is 0.673. The molecular weight excluding hydrogens is 581 g/mol. The lowest BCUT2D eigenvalue weighted by Gasteiger charge is -2.17. The molecule has 1 atom stereocenters. The molecule has 3 nitrogen and oxygen atoms in total. The molecule has 10 rings (SSSR count). The molecule has 5 aromatic carbocycles. The van der Waals surface area contributed by atoms with Crippen molar-refractivity contribution in [2.24, 2.45) is 5.92 Å². The molecule has 9 aromatic rings. The average molecular weight is 609 g/mol. The monoisotopic (exact) mass is 608 g/mol. The second kappa shape index (κ2) is 9.77. The van der Waals surface area contributed by atoms with Crippen LogP contribution in [0.1, 0.15) is 18.2 Å². The first-order valence-corrected chi connectivity index (χ1v) is 16.7. The van der Waals surface area contributed by atoms with Crippen molar-refractivity contribution in [3.8, 4) is 28.1 Å². The van der Waals surface area contributed by atoms with Gasteiger partial charge in [0.15, 0.2) is 0 Å². The van der Waals surface area contributed by atoms with Crippen LogP contribution in [0.25, 0.3) is 87.3 Å². The third-order valence-corrected chi connectivity index (χ3v) is 10.7. The second-order valence-corrected chi connectivity index (χ2v) is 13.4. The molecule has 1 unspecified atom stereocenters. The Morgan fingerprint density at radius 3 is 2.20 bits per heavy atom. The molecule has 0 saturated carbocycles. The van der Waals surface area contributed by atoms with E-state index in [-0.39, 0.29) is 0 Å². The minimum Gasteiger partial charge on any atom is -0.455 e. The standard InChI is InChI=1S/C42H28N2OS/c1-25-14-23-31-30-8-2-5-11-34(30)44(35(31)24-25)29-21-19-27(20-22-29)26-15-17-28(18-16-26)40-38-32-9-3-6-12-36(32)45-41(38)39-33-10-4-7-13-37(33)46-42(39)43-40/h2-23,25H,24H2,1H3. The van der Waals surface area contributed by atoms with Gasteiger partial charge in [-0.3, -0.25) is 0 Å². The highest BCUT2D eigenvalue weighted by Gasteiger charge is 2.22. The summed E-state index contributed by atoms with van der Waals surface area (Å²) >= 11 is 1.73. The number of fused-ring (bicyclic) bond motifs is 10. The Hall–Kier alpha value is -5.45. The highest BCUT2D eigenvalue weighted by atomic mass is 32.1. The maximum absolute atomic E-state index is 6.56. The Morgan fingerprint density at radius 1 is 0.696 bits per heavy atom. The molecule has 0 amide bonds. The Labute approximate surface area is 269 Å². The van der Waals surface area contributed by atoms with Crippen molar-refractivity contribution in [3.05, 3.63) is 139 Å². The Balaban J connectivity index is 1.07. The number of thiophene rings is 1. The molecule has 0 spiro atoms. The predicted octanol–water partition coefficient (Wildman–Crippen LogP) is 11.8. The van der Waals surface area contributed by atoms with Gasteiger partial charge in [-0.1, -0.05) is 110 Å². The molecule has 218 valence electrons. The van der Waals surface area contributed by atoms with Crippen molar-refractivity contribution in [2.45, 2.75) is 13.3 Å². The van der Waals surface area contributed by atoms with Gasteiger partial charge < -0.3 is 8.98 Å². The van der Waals surface area contributed by atoms with E-state index in [1.807, 2.05) is 6.07 Å². The van der Waals surface area contributed by atoms with Crippen molar-refractivity contribution in [1.29, 1.82) is 0 Å². The van der Waals surface area contributed by atoms with Gasteiger partial charge in [0.2, 0.25) is 0 Å². The quantitative estimate of drug-likeness (QED) is 0.200. The topological polar surface area (TPSA) is 31.0 Å². The maximum atomic E-state index is 6.56. The third-order valence-electron chi connectivity index (χ3n) is 9.59. The van der Waals surface area contributed by atoms with Gasteiger partial charge in [0.05, 0.1) is 22.0 Å². The smallest absolute Gasteiger partial charge is 0.148 e. The first-order valence-electron chi connectivity index (χ1n) is 15.9. The minimum absolute atomic E-state index is 0.531. The molecule has 1 aliphatic rings. The summed E-state index contributed by atoms with van der Waals surface area (Å²) in [7, 11) is 0. The van der Waals surface area contributed by atoms with Gasteiger partial charge >= 0.3 is 0 Å². The number of pyridine rings is 1. The normalized spacial score (nSPS) is 14.7. The summed E-state index contributed by atoms with van der Waals surface area (Å²) in [5.74, 6) is 0.531. The zero-order valence-electron chi connectivity index (χ0n) is 25.2. The third kappa shape index (κ3) is 3.74. The zero-order valence-corrected chi connectivity index (χ0v) is 26.0. The summed E-state index contributed by atoms with van der Waals surface area (Å²) in [6.07, 6.45) is 5.69. The fourth-order valence-electron chi connectivity index (χ4n) is 7.41. The maximum Gasteiger partial charge on any atom is 0.148 e. The molecule has 4 heterocycles. The minimum atomic E-state index is 0.531. The van der Waals surface area contributed by atoms with E-state index in [0.717, 1.165) is 49.8 Å². The van der Waals surface area contributed by atoms with Crippen LogP contribution in [0.3, 0.4) is 0 Å². The molecule has 46 heavy (non-hydrogen) atoms. The number of benzene rings is 5. The van der Waals surface area contributed by atoms with Crippen molar-refractivity contribution in [1.82, 2.24) is 9.55 Å². The summed E-state index contributed by atoms with van der Waals surface area (Å²) in [4.78, 5) is 6.30. The molecule has 0 radical (unpaired) electrons. The SMILES string of the molecule is CC1C=Cc2c(n(-c3ccc(-c4ccc(-c5nc6sc7ccccc7c6c6oc7ccccc7c56)cc4)cc3)c3ccccc23)C1. The molecule has 4 aromatic heterocycles. The first-order chi connectivity index (χ1) is 22.7. The highest BCUT2D eigenvalue weighted by molar-refractivity contribution is 7.25. The van der Waals surface area contributed by atoms with Crippen LogP contribution in [0.2, 0.25) is 0 Å². The van der Waals surface area contributed by atoms with Crippen LogP contribution in [0.4, 0.5) is 0 Å². The molecular formula is C42H28N2OS. The molecule has 0 aliphatic heterocycles. The first kappa shape index (κ1) is 25.8. The van der Waals surface area contributed by atoms with Crippen LogP contribution in [0, 0.1) is 5.92 Å². The van der Waals surface area contributed by atoms with Crippen LogP contribution < -0.4 is 0 Å². The van der Waals surface area contributed by atoms with E-state index in [1.165, 1.54) is 49.1 Å². The van der Waals surface area contributed by atoms with Crippen molar-refractivity contribution >= 4 is 70.6 Å². The number of aromatic nitrogens is 2. The largest absolute Gasteiger partial charge is 0.455 e. The number of rotatable bonds is 3. The van der Waals surface area contributed by atoms with Gasteiger partial charge in [-0.15, -0.1) is 11.3 Å². The van der Waals surface area contributed by atoms with Gasteiger partial charge in [0, 0.05) is 43.4 Å². The summed E-state index contributed by atoms with van der Waals surface area (Å²) in [6.45, 7) is 2.30. The van der Waals surface area contributed by atoms with Gasteiger partial charge in [0.25, 0.3) is 0 Å². The van der Waals surface area contributed by atoms with E-state index in [4.69, 9.17) is 9.40 Å². The molecule has 0 bridgehead atoms. The molecule has 0 fully saturated rings. The fraction of sp³-hybridized carbons (Fsp3) is 0.0714.